The molecule has 0 aromatic heterocycles. The van der Waals surface area contributed by atoms with Crippen molar-refractivity contribution in [3.05, 3.63) is 59.4 Å². The van der Waals surface area contributed by atoms with Gasteiger partial charge in [-0.1, -0.05) is 6.07 Å². The zero-order chi connectivity index (χ0) is 16.9. The Morgan fingerprint density at radius 2 is 2.08 bits per heavy atom. The molecule has 1 amide bonds. The van der Waals surface area contributed by atoms with Crippen molar-refractivity contribution in [2.24, 2.45) is 0 Å². The summed E-state index contributed by atoms with van der Waals surface area (Å²) in [6, 6.07) is 11.5. The normalized spacial score (nSPS) is 16.8. The lowest BCUT2D eigenvalue weighted by Crippen LogP contribution is -2.16. The molecule has 0 bridgehead atoms. The van der Waals surface area contributed by atoms with Gasteiger partial charge in [-0.2, -0.15) is 0 Å². The van der Waals surface area contributed by atoms with Gasteiger partial charge in [-0.05, 0) is 61.7 Å². The first-order chi connectivity index (χ1) is 11.6. The van der Waals surface area contributed by atoms with Crippen molar-refractivity contribution in [3.8, 4) is 5.75 Å². The van der Waals surface area contributed by atoms with E-state index in [9.17, 15) is 9.18 Å². The van der Waals surface area contributed by atoms with Gasteiger partial charge >= 0.3 is 0 Å². The third kappa shape index (κ3) is 4.11. The molecule has 1 aliphatic rings. The fraction of sp³-hybridized carbons (Fsp3) is 0.316. The number of halogens is 1. The smallest absolute Gasteiger partial charge is 0.255 e. The molecule has 1 fully saturated rings. The number of carbonyl (C=O) groups is 1. The average molecular weight is 329 g/mol. The van der Waals surface area contributed by atoms with Gasteiger partial charge in [0.1, 0.15) is 18.2 Å². The van der Waals surface area contributed by atoms with Gasteiger partial charge in [-0.3, -0.25) is 4.79 Å². The zero-order valence-corrected chi connectivity index (χ0v) is 13.5. The highest BCUT2D eigenvalue weighted by atomic mass is 19.1. The van der Waals surface area contributed by atoms with E-state index in [1.807, 2.05) is 0 Å². The van der Waals surface area contributed by atoms with Crippen LogP contribution in [0.15, 0.2) is 42.5 Å². The molecule has 2 aromatic carbocycles. The fourth-order valence-electron chi connectivity index (χ4n) is 2.54. The summed E-state index contributed by atoms with van der Waals surface area (Å²) < 4.78 is 24.7. The van der Waals surface area contributed by atoms with Crippen molar-refractivity contribution in [1.29, 1.82) is 0 Å². The van der Waals surface area contributed by atoms with Crippen LogP contribution in [0.25, 0.3) is 0 Å². The van der Waals surface area contributed by atoms with E-state index in [0.29, 0.717) is 29.2 Å². The van der Waals surface area contributed by atoms with Crippen LogP contribution in [0.2, 0.25) is 0 Å². The molecule has 1 heterocycles. The van der Waals surface area contributed by atoms with E-state index in [1.54, 1.807) is 43.3 Å². The summed E-state index contributed by atoms with van der Waals surface area (Å²) in [5.41, 5.74) is 1.46. The minimum atomic E-state index is -0.342. The van der Waals surface area contributed by atoms with Crippen molar-refractivity contribution < 1.29 is 18.7 Å². The minimum Gasteiger partial charge on any atom is -0.491 e. The van der Waals surface area contributed by atoms with Crippen LogP contribution < -0.4 is 10.1 Å². The lowest BCUT2D eigenvalue weighted by Gasteiger charge is -2.12. The van der Waals surface area contributed by atoms with Crippen molar-refractivity contribution in [2.45, 2.75) is 25.9 Å². The first-order valence-electron chi connectivity index (χ1n) is 8.04. The maximum Gasteiger partial charge on any atom is 0.255 e. The predicted octanol–water partition coefficient (Wildman–Crippen LogP) is 3.94. The van der Waals surface area contributed by atoms with E-state index in [0.717, 1.165) is 19.4 Å². The number of anilines is 1. The quantitative estimate of drug-likeness (QED) is 0.904. The number of benzene rings is 2. The topological polar surface area (TPSA) is 47.6 Å². The monoisotopic (exact) mass is 329 g/mol. The Hall–Kier alpha value is -2.40. The molecule has 1 saturated heterocycles. The van der Waals surface area contributed by atoms with E-state index in [-0.39, 0.29) is 17.8 Å². The molecule has 0 saturated carbocycles. The third-order valence-corrected chi connectivity index (χ3v) is 4.01. The van der Waals surface area contributed by atoms with Crippen LogP contribution in [0.4, 0.5) is 10.1 Å². The lowest BCUT2D eigenvalue weighted by atomic mass is 10.2. The number of rotatable bonds is 5. The Balaban J connectivity index is 1.57. The van der Waals surface area contributed by atoms with Gasteiger partial charge in [0.2, 0.25) is 0 Å². The molecule has 1 N–H and O–H groups in total. The molecule has 24 heavy (non-hydrogen) atoms. The van der Waals surface area contributed by atoms with E-state index in [2.05, 4.69) is 5.32 Å². The average Bonchev–Trinajstić information content (AvgIpc) is 3.10. The summed E-state index contributed by atoms with van der Waals surface area (Å²) in [5, 5.41) is 2.68. The second-order valence-electron chi connectivity index (χ2n) is 5.89. The molecule has 0 aliphatic carbocycles. The lowest BCUT2D eigenvalue weighted by molar-refractivity contribution is 0.0679. The van der Waals surface area contributed by atoms with Crippen LogP contribution in [0, 0.1) is 12.7 Å². The van der Waals surface area contributed by atoms with Crippen molar-refractivity contribution in [3.63, 3.8) is 0 Å². The molecular weight excluding hydrogens is 309 g/mol. The van der Waals surface area contributed by atoms with E-state index in [4.69, 9.17) is 9.47 Å². The molecule has 5 heteroatoms. The molecule has 0 spiro atoms. The zero-order valence-electron chi connectivity index (χ0n) is 13.5. The highest BCUT2D eigenvalue weighted by molar-refractivity contribution is 6.04. The van der Waals surface area contributed by atoms with Gasteiger partial charge in [0.25, 0.3) is 5.91 Å². The second-order valence-corrected chi connectivity index (χ2v) is 5.89. The maximum atomic E-state index is 13.5. The molecule has 1 atom stereocenters. The Morgan fingerprint density at radius 3 is 2.75 bits per heavy atom. The van der Waals surface area contributed by atoms with Crippen LogP contribution in [0.5, 0.6) is 5.75 Å². The molecule has 0 radical (unpaired) electrons. The Kier molecular flexibility index (Phi) is 5.11. The summed E-state index contributed by atoms with van der Waals surface area (Å²) in [4.78, 5) is 12.2. The SMILES string of the molecule is Cc1ccc(NC(=O)c2ccc(OC[C@@H]3CCCO3)cc2)cc1F. The molecule has 1 aliphatic heterocycles. The van der Waals surface area contributed by atoms with E-state index >= 15 is 0 Å². The first kappa shape index (κ1) is 16.5. The summed E-state index contributed by atoms with van der Waals surface area (Å²) >= 11 is 0. The number of nitrogens with one attached hydrogen (secondary N) is 1. The largest absolute Gasteiger partial charge is 0.491 e. The summed E-state index contributed by atoms with van der Waals surface area (Å²) in [6.45, 7) is 3.00. The highest BCUT2D eigenvalue weighted by Crippen LogP contribution is 2.18. The summed E-state index contributed by atoms with van der Waals surface area (Å²) in [7, 11) is 0. The van der Waals surface area contributed by atoms with E-state index < -0.39 is 0 Å². The van der Waals surface area contributed by atoms with Crippen LogP contribution in [0.1, 0.15) is 28.8 Å². The second kappa shape index (κ2) is 7.45. The maximum absolute atomic E-state index is 13.5. The van der Waals surface area contributed by atoms with Crippen LogP contribution in [-0.4, -0.2) is 25.2 Å². The number of aryl methyl sites for hydroxylation is 1. The standard InChI is InChI=1S/C19H20FNO3/c1-13-4-7-15(11-18(13)20)21-19(22)14-5-8-16(9-6-14)24-12-17-3-2-10-23-17/h4-9,11,17H,2-3,10,12H2,1H3,(H,21,22)/t17-/m0/s1. The fourth-order valence-corrected chi connectivity index (χ4v) is 2.54. The Labute approximate surface area is 140 Å². The summed E-state index contributed by atoms with van der Waals surface area (Å²) in [5.74, 6) is 0.0676. The molecule has 2 aromatic rings. The molecule has 126 valence electrons. The minimum absolute atomic E-state index is 0.157. The Bertz CT molecular complexity index is 709. The number of hydrogen-bond donors (Lipinski definition) is 1. The Morgan fingerprint density at radius 1 is 1.29 bits per heavy atom. The number of ether oxygens (including phenoxy) is 2. The molecule has 4 nitrogen and oxygen atoms in total. The number of amides is 1. The van der Waals surface area contributed by atoms with Crippen molar-refractivity contribution >= 4 is 11.6 Å². The van der Waals surface area contributed by atoms with E-state index in [1.165, 1.54) is 6.07 Å². The number of hydrogen-bond acceptors (Lipinski definition) is 3. The van der Waals surface area contributed by atoms with Crippen LogP contribution >= 0.6 is 0 Å². The van der Waals surface area contributed by atoms with Crippen molar-refractivity contribution in [1.82, 2.24) is 0 Å². The van der Waals surface area contributed by atoms with Gasteiger partial charge in [-0.25, -0.2) is 4.39 Å². The third-order valence-electron chi connectivity index (χ3n) is 4.01. The van der Waals surface area contributed by atoms with Gasteiger partial charge < -0.3 is 14.8 Å². The summed E-state index contributed by atoms with van der Waals surface area (Å²) in [6.07, 6.45) is 2.25. The van der Waals surface area contributed by atoms with Gasteiger partial charge in [-0.15, -0.1) is 0 Å². The molecule has 3 rings (SSSR count). The molecular formula is C19H20FNO3. The van der Waals surface area contributed by atoms with Gasteiger partial charge in [0, 0.05) is 17.9 Å². The van der Waals surface area contributed by atoms with Crippen LogP contribution in [-0.2, 0) is 4.74 Å². The van der Waals surface area contributed by atoms with Crippen molar-refractivity contribution in [2.75, 3.05) is 18.5 Å². The van der Waals surface area contributed by atoms with Gasteiger partial charge in [0.15, 0.2) is 0 Å². The molecule has 0 unspecified atom stereocenters. The highest BCUT2D eigenvalue weighted by Gasteiger charge is 2.16. The van der Waals surface area contributed by atoms with Gasteiger partial charge in [0.05, 0.1) is 6.10 Å². The predicted molar refractivity (Wildman–Crippen MR) is 90.0 cm³/mol. The number of carbonyl (C=O) groups excluding carboxylic acids is 1. The first-order valence-corrected chi connectivity index (χ1v) is 8.04. The van der Waals surface area contributed by atoms with Crippen LogP contribution in [0.3, 0.4) is 0 Å².